The number of aryl methyl sites for hydroxylation is 2. The molecule has 1 amide bonds. The van der Waals surface area contributed by atoms with E-state index in [1.54, 1.807) is 17.9 Å². The number of amides is 1. The smallest absolute Gasteiger partial charge is 0.269 e. The molecule has 2 aromatic heterocycles. The van der Waals surface area contributed by atoms with E-state index in [1.807, 2.05) is 7.05 Å². The fraction of sp³-hybridized carbons (Fsp3) is 0.667. The van der Waals surface area contributed by atoms with E-state index in [0.717, 1.165) is 13.1 Å². The van der Waals surface area contributed by atoms with Gasteiger partial charge in [0.25, 0.3) is 5.89 Å². The van der Waals surface area contributed by atoms with Crippen molar-refractivity contribution in [2.75, 3.05) is 33.2 Å². The predicted molar refractivity (Wildman–Crippen MR) is 95.3 cm³/mol. The summed E-state index contributed by atoms with van der Waals surface area (Å²) < 4.78 is 10.6. The molecule has 0 N–H and O–H groups in total. The van der Waals surface area contributed by atoms with Crippen molar-refractivity contribution in [2.24, 2.45) is 5.92 Å². The first kappa shape index (κ1) is 18.6. The van der Waals surface area contributed by atoms with Crippen LogP contribution in [-0.2, 0) is 11.2 Å². The topological polar surface area (TPSA) is 88.5 Å². The maximum absolute atomic E-state index is 12.4. The summed E-state index contributed by atoms with van der Waals surface area (Å²) in [6.07, 6.45) is 3.36. The van der Waals surface area contributed by atoms with Crippen LogP contribution in [-0.4, -0.2) is 64.3 Å². The lowest BCUT2D eigenvalue weighted by atomic mass is 10.1. The maximum atomic E-state index is 12.4. The van der Waals surface area contributed by atoms with Gasteiger partial charge in [-0.15, -0.1) is 10.2 Å². The molecule has 1 aliphatic rings. The van der Waals surface area contributed by atoms with Gasteiger partial charge >= 0.3 is 0 Å². The first-order chi connectivity index (χ1) is 12.5. The van der Waals surface area contributed by atoms with Gasteiger partial charge in [0.05, 0.1) is 0 Å². The van der Waals surface area contributed by atoms with E-state index in [0.29, 0.717) is 42.0 Å². The molecule has 0 unspecified atom stereocenters. The van der Waals surface area contributed by atoms with E-state index in [2.05, 4.69) is 27.2 Å². The third-order valence-corrected chi connectivity index (χ3v) is 4.65. The van der Waals surface area contributed by atoms with Crippen molar-refractivity contribution in [2.45, 2.75) is 39.5 Å². The van der Waals surface area contributed by atoms with Crippen LogP contribution in [0.1, 0.15) is 37.8 Å². The average molecular weight is 361 g/mol. The molecule has 26 heavy (non-hydrogen) atoms. The van der Waals surface area contributed by atoms with Crippen molar-refractivity contribution in [1.82, 2.24) is 25.2 Å². The molecule has 0 radical (unpaired) electrons. The Kier molecular flexibility index (Phi) is 6.03. The van der Waals surface area contributed by atoms with Gasteiger partial charge < -0.3 is 18.7 Å². The summed E-state index contributed by atoms with van der Waals surface area (Å²) in [5.41, 5.74) is 0.514. The van der Waals surface area contributed by atoms with E-state index < -0.39 is 0 Å². The van der Waals surface area contributed by atoms with Gasteiger partial charge in [-0.1, -0.05) is 12.1 Å². The zero-order valence-corrected chi connectivity index (χ0v) is 15.8. The van der Waals surface area contributed by atoms with Gasteiger partial charge in [-0.05, 0) is 38.8 Å². The van der Waals surface area contributed by atoms with E-state index in [4.69, 9.17) is 8.94 Å². The van der Waals surface area contributed by atoms with Gasteiger partial charge in [0, 0.05) is 39.0 Å². The molecule has 8 heteroatoms. The summed E-state index contributed by atoms with van der Waals surface area (Å²) in [5.74, 6) is 1.99. The highest BCUT2D eigenvalue weighted by Gasteiger charge is 2.19. The van der Waals surface area contributed by atoms with Crippen molar-refractivity contribution >= 4 is 5.91 Å². The van der Waals surface area contributed by atoms with Crippen molar-refractivity contribution in [3.63, 3.8) is 0 Å². The second kappa shape index (κ2) is 8.44. The van der Waals surface area contributed by atoms with Crippen molar-refractivity contribution in [3.05, 3.63) is 17.7 Å². The van der Waals surface area contributed by atoms with Crippen LogP contribution in [0.4, 0.5) is 0 Å². The molecular weight excluding hydrogens is 334 g/mol. The molecule has 1 fully saturated rings. The van der Waals surface area contributed by atoms with E-state index in [-0.39, 0.29) is 5.91 Å². The summed E-state index contributed by atoms with van der Waals surface area (Å²) in [6, 6.07) is 1.73. The second-order valence-electron chi connectivity index (χ2n) is 7.21. The Morgan fingerprint density at radius 3 is 2.81 bits per heavy atom. The molecule has 0 bridgehead atoms. The molecule has 1 saturated heterocycles. The number of nitrogens with zero attached hydrogens (tertiary/aromatic N) is 5. The van der Waals surface area contributed by atoms with Crippen LogP contribution in [0.25, 0.3) is 11.6 Å². The number of likely N-dealkylation sites (tertiary alicyclic amines) is 1. The van der Waals surface area contributed by atoms with Gasteiger partial charge in [0.1, 0.15) is 5.76 Å². The minimum atomic E-state index is 0.0929. The first-order valence-corrected chi connectivity index (χ1v) is 9.23. The van der Waals surface area contributed by atoms with Gasteiger partial charge in [-0.25, -0.2) is 0 Å². The Balaban J connectivity index is 1.43. The molecule has 0 aromatic carbocycles. The van der Waals surface area contributed by atoms with Crippen LogP contribution in [0.3, 0.4) is 0 Å². The summed E-state index contributed by atoms with van der Waals surface area (Å²) in [4.78, 5) is 16.6. The average Bonchev–Trinajstić information content (AvgIpc) is 3.34. The first-order valence-electron chi connectivity index (χ1n) is 9.23. The van der Waals surface area contributed by atoms with Crippen LogP contribution >= 0.6 is 0 Å². The SMILES string of the molecule is Cc1cc(-c2nnc(CCC(=O)N(C)C[C@@H](C)CN3CCCC3)o2)no1. The standard InChI is InChI=1S/C18H27N5O3/c1-13(12-23-8-4-5-9-23)11-22(3)17(24)7-6-16-19-20-18(25-16)15-10-14(2)26-21-15/h10,13H,4-9,11-12H2,1-3H3/t13-/m1/s1. The lowest BCUT2D eigenvalue weighted by Crippen LogP contribution is -2.36. The van der Waals surface area contributed by atoms with E-state index >= 15 is 0 Å². The van der Waals surface area contributed by atoms with Crippen molar-refractivity contribution in [3.8, 4) is 11.6 Å². The van der Waals surface area contributed by atoms with Crippen LogP contribution in [0.2, 0.25) is 0 Å². The lowest BCUT2D eigenvalue weighted by Gasteiger charge is -2.25. The highest BCUT2D eigenvalue weighted by atomic mass is 16.5. The van der Waals surface area contributed by atoms with Gasteiger partial charge in [0.15, 0.2) is 5.69 Å². The monoisotopic (exact) mass is 361 g/mol. The highest BCUT2D eigenvalue weighted by molar-refractivity contribution is 5.76. The second-order valence-corrected chi connectivity index (χ2v) is 7.21. The number of aromatic nitrogens is 3. The van der Waals surface area contributed by atoms with Crippen LogP contribution in [0.15, 0.2) is 15.0 Å². The maximum Gasteiger partial charge on any atom is 0.269 e. The molecule has 0 aliphatic carbocycles. The lowest BCUT2D eigenvalue weighted by molar-refractivity contribution is -0.130. The summed E-state index contributed by atoms with van der Waals surface area (Å²) in [5, 5.41) is 11.8. The molecule has 1 aliphatic heterocycles. The van der Waals surface area contributed by atoms with Crippen molar-refractivity contribution in [1.29, 1.82) is 0 Å². The summed E-state index contributed by atoms with van der Waals surface area (Å²) in [7, 11) is 1.86. The number of carbonyl (C=O) groups excluding carboxylic acids is 1. The largest absolute Gasteiger partial charge is 0.419 e. The Morgan fingerprint density at radius 2 is 2.12 bits per heavy atom. The minimum Gasteiger partial charge on any atom is -0.419 e. The predicted octanol–water partition coefficient (Wildman–Crippen LogP) is 2.16. The molecule has 8 nitrogen and oxygen atoms in total. The van der Waals surface area contributed by atoms with Gasteiger partial charge in [-0.3, -0.25) is 4.79 Å². The van der Waals surface area contributed by atoms with Gasteiger partial charge in [0.2, 0.25) is 11.8 Å². The Bertz CT molecular complexity index is 720. The quantitative estimate of drug-likeness (QED) is 0.712. The zero-order valence-electron chi connectivity index (χ0n) is 15.8. The molecule has 0 saturated carbocycles. The molecular formula is C18H27N5O3. The fourth-order valence-electron chi connectivity index (χ4n) is 3.36. The third-order valence-electron chi connectivity index (χ3n) is 4.65. The molecule has 3 rings (SSSR count). The molecule has 0 spiro atoms. The molecule has 3 heterocycles. The summed E-state index contributed by atoms with van der Waals surface area (Å²) >= 11 is 0. The summed E-state index contributed by atoms with van der Waals surface area (Å²) in [6.45, 7) is 8.20. The van der Waals surface area contributed by atoms with Crippen LogP contribution < -0.4 is 0 Å². The van der Waals surface area contributed by atoms with Crippen LogP contribution in [0, 0.1) is 12.8 Å². The fourth-order valence-corrected chi connectivity index (χ4v) is 3.36. The highest BCUT2D eigenvalue weighted by Crippen LogP contribution is 2.18. The number of hydrogen-bond donors (Lipinski definition) is 0. The number of rotatable bonds is 8. The Labute approximate surface area is 153 Å². The van der Waals surface area contributed by atoms with Crippen molar-refractivity contribution < 1.29 is 13.7 Å². The third kappa shape index (κ3) is 4.91. The van der Waals surface area contributed by atoms with Crippen LogP contribution in [0.5, 0.6) is 0 Å². The minimum absolute atomic E-state index is 0.0929. The number of carbonyl (C=O) groups is 1. The zero-order chi connectivity index (χ0) is 18.5. The Morgan fingerprint density at radius 1 is 1.35 bits per heavy atom. The number of hydrogen-bond acceptors (Lipinski definition) is 7. The molecule has 1 atom stereocenters. The molecule has 142 valence electrons. The normalized spacial score (nSPS) is 16.1. The Hall–Kier alpha value is -2.22. The van der Waals surface area contributed by atoms with Gasteiger partial charge in [-0.2, -0.15) is 0 Å². The van der Waals surface area contributed by atoms with E-state index in [1.165, 1.54) is 25.9 Å². The molecule has 2 aromatic rings. The van der Waals surface area contributed by atoms with E-state index in [9.17, 15) is 4.79 Å².